The number of fused-ring (bicyclic) bond motifs is 10. The first-order valence-electron chi connectivity index (χ1n) is 19.4. The molecule has 52 heavy (non-hydrogen) atoms. The van der Waals surface area contributed by atoms with E-state index in [9.17, 15) is 0 Å². The van der Waals surface area contributed by atoms with Crippen molar-refractivity contribution in [3.05, 3.63) is 150 Å². The molecule has 8 aromatic rings. The maximum absolute atomic E-state index is 2.72. The van der Waals surface area contributed by atoms with Crippen molar-refractivity contribution in [1.82, 2.24) is 0 Å². The minimum atomic E-state index is -0.183. The van der Waals surface area contributed by atoms with Gasteiger partial charge in [0.2, 0.25) is 16.9 Å². The second-order valence-electron chi connectivity index (χ2n) is 15.2. The Kier molecular flexibility index (Phi) is 8.23. The van der Waals surface area contributed by atoms with Gasteiger partial charge in [0.05, 0.1) is 15.6 Å². The highest BCUT2D eigenvalue weighted by Gasteiger charge is 2.55. The number of aryl methyl sites for hydroxylation is 1. The van der Waals surface area contributed by atoms with Crippen LogP contribution in [0.4, 0.5) is 0 Å². The van der Waals surface area contributed by atoms with Crippen LogP contribution in [0.15, 0.2) is 128 Å². The fraction of sp³-hybridized carbons (Fsp3) is 0.265. The molecular formula is C49H48N2S+2. The first-order valence-corrected chi connectivity index (χ1v) is 20.2. The van der Waals surface area contributed by atoms with E-state index in [1.807, 2.05) is 11.3 Å². The highest BCUT2D eigenvalue weighted by Crippen LogP contribution is 2.50. The van der Waals surface area contributed by atoms with E-state index in [1.165, 1.54) is 100 Å². The van der Waals surface area contributed by atoms with Gasteiger partial charge in [-0.25, -0.2) is 0 Å². The van der Waals surface area contributed by atoms with Crippen molar-refractivity contribution in [2.24, 2.45) is 0 Å². The number of unbranched alkanes of at least 4 members (excludes halogenated alkanes) is 1. The Hall–Kier alpha value is -4.86. The van der Waals surface area contributed by atoms with Crippen LogP contribution in [-0.2, 0) is 5.54 Å². The number of nitrogens with zero attached hydrogens (tertiary/aromatic N) is 2. The molecule has 3 heteroatoms. The number of benzene rings is 4. The highest BCUT2D eigenvalue weighted by molar-refractivity contribution is 7.26. The lowest BCUT2D eigenvalue weighted by molar-refractivity contribution is -0.763. The zero-order valence-electron chi connectivity index (χ0n) is 31.1. The molecule has 0 radical (unpaired) electrons. The molecule has 2 unspecified atom stereocenters. The lowest BCUT2D eigenvalue weighted by Gasteiger charge is -2.39. The molecule has 4 aromatic carbocycles. The van der Waals surface area contributed by atoms with Gasteiger partial charge in [0, 0.05) is 57.6 Å². The Morgan fingerprint density at radius 3 is 2.33 bits per heavy atom. The van der Waals surface area contributed by atoms with Gasteiger partial charge < -0.3 is 0 Å². The third-order valence-corrected chi connectivity index (χ3v) is 13.5. The Morgan fingerprint density at radius 1 is 0.750 bits per heavy atom. The van der Waals surface area contributed by atoms with Gasteiger partial charge in [0.1, 0.15) is 5.92 Å². The van der Waals surface area contributed by atoms with Gasteiger partial charge in [-0.2, -0.15) is 8.97 Å². The van der Waals surface area contributed by atoms with E-state index in [2.05, 4.69) is 171 Å². The van der Waals surface area contributed by atoms with E-state index < -0.39 is 0 Å². The summed E-state index contributed by atoms with van der Waals surface area (Å²) >= 11 is 1.93. The van der Waals surface area contributed by atoms with Crippen LogP contribution in [0.5, 0.6) is 0 Å². The number of rotatable bonds is 8. The Bertz CT molecular complexity index is 2630. The maximum Gasteiger partial charge on any atom is 0.220 e. The van der Waals surface area contributed by atoms with Crippen molar-refractivity contribution < 1.29 is 8.97 Å². The van der Waals surface area contributed by atoms with Crippen LogP contribution in [0.3, 0.4) is 0 Å². The summed E-state index contributed by atoms with van der Waals surface area (Å²) < 4.78 is 8.01. The number of hydrogen-bond acceptors (Lipinski definition) is 1. The summed E-state index contributed by atoms with van der Waals surface area (Å²) in [6.45, 7) is 11.8. The summed E-state index contributed by atoms with van der Waals surface area (Å²) in [5, 5.41) is 5.37. The quantitative estimate of drug-likeness (QED) is 0.110. The predicted octanol–water partition coefficient (Wildman–Crippen LogP) is 12.8. The van der Waals surface area contributed by atoms with E-state index in [-0.39, 0.29) is 11.5 Å². The molecule has 1 aliphatic rings. The summed E-state index contributed by atoms with van der Waals surface area (Å²) in [5.74, 6) is 0.609. The van der Waals surface area contributed by atoms with E-state index in [4.69, 9.17) is 0 Å². The van der Waals surface area contributed by atoms with Crippen molar-refractivity contribution in [3.8, 4) is 22.4 Å². The van der Waals surface area contributed by atoms with Crippen LogP contribution in [0.1, 0.15) is 94.0 Å². The Labute approximate surface area is 312 Å². The van der Waals surface area contributed by atoms with Crippen LogP contribution in [0, 0.1) is 6.92 Å². The molecule has 4 aromatic heterocycles. The van der Waals surface area contributed by atoms with E-state index in [1.54, 1.807) is 0 Å². The average molecular weight is 697 g/mol. The topological polar surface area (TPSA) is 7.98 Å². The fourth-order valence-corrected chi connectivity index (χ4v) is 10.9. The Morgan fingerprint density at radius 2 is 1.52 bits per heavy atom. The second-order valence-corrected chi connectivity index (χ2v) is 16.2. The van der Waals surface area contributed by atoms with E-state index >= 15 is 0 Å². The van der Waals surface area contributed by atoms with E-state index in [0.717, 1.165) is 12.8 Å². The summed E-state index contributed by atoms with van der Waals surface area (Å²) in [5.41, 5.74) is 12.0. The molecule has 258 valence electrons. The normalized spacial score (nSPS) is 15.7. The van der Waals surface area contributed by atoms with Gasteiger partial charge in [-0.15, -0.1) is 11.3 Å². The zero-order valence-corrected chi connectivity index (χ0v) is 31.9. The molecule has 0 fully saturated rings. The SMILES string of the molecule is CCCCC(C)c1cc2[n+](cc1-c1ccccc1)C(CC)(CC)C(c1cc3ccc4c5ccccc5sc4c3c3ccc(C)c[n+]13)c1ccccc1-2. The molecule has 5 heterocycles. The lowest BCUT2D eigenvalue weighted by atomic mass is 9.68. The Balaban J connectivity index is 1.37. The van der Waals surface area contributed by atoms with Crippen molar-refractivity contribution in [2.45, 2.75) is 84.1 Å². The van der Waals surface area contributed by atoms with Crippen LogP contribution in [0.2, 0.25) is 0 Å². The van der Waals surface area contributed by atoms with Gasteiger partial charge in [-0.05, 0) is 59.5 Å². The number of pyridine rings is 3. The summed E-state index contributed by atoms with van der Waals surface area (Å²) in [7, 11) is 0. The van der Waals surface area contributed by atoms with Crippen molar-refractivity contribution in [3.63, 3.8) is 0 Å². The molecule has 9 rings (SSSR count). The van der Waals surface area contributed by atoms with Crippen LogP contribution < -0.4 is 8.97 Å². The van der Waals surface area contributed by atoms with E-state index in [0.29, 0.717) is 5.92 Å². The molecule has 0 bridgehead atoms. The molecule has 0 spiro atoms. The molecule has 0 saturated heterocycles. The standard InChI is InChI=1S/C49H48N2S/c1-6-9-17-33(5)40-29-43-36-20-13-14-22-38(36)47(49(7-2,8-3)51(43)31-41(40)34-18-11-10-12-19-34)44-28-35-25-26-39-37-21-15-16-23-45(37)52-48(39)46(35)42-27-24-32(4)30-50(42)44/h10-16,18-31,33,47H,6-9,17H2,1-5H3/q+2. The minimum absolute atomic E-state index is 0.139. The smallest absolute Gasteiger partial charge is 0.191 e. The molecule has 0 aliphatic carbocycles. The number of thiophene rings is 1. The highest BCUT2D eigenvalue weighted by atomic mass is 32.1. The third kappa shape index (κ3) is 4.96. The second kappa shape index (κ2) is 13.0. The first kappa shape index (κ1) is 33.0. The van der Waals surface area contributed by atoms with Crippen LogP contribution in [0.25, 0.3) is 58.8 Å². The molecule has 0 amide bonds. The molecule has 2 nitrogen and oxygen atoms in total. The molecule has 1 aliphatic heterocycles. The number of hydrogen-bond donors (Lipinski definition) is 0. The monoisotopic (exact) mass is 696 g/mol. The predicted molar refractivity (Wildman–Crippen MR) is 221 cm³/mol. The fourth-order valence-electron chi connectivity index (χ4n) is 9.58. The number of aromatic nitrogens is 2. The van der Waals surface area contributed by atoms with Crippen molar-refractivity contribution in [1.29, 1.82) is 0 Å². The summed E-state index contributed by atoms with van der Waals surface area (Å²) in [6.07, 6.45) is 10.6. The average Bonchev–Trinajstić information content (AvgIpc) is 3.58. The minimum Gasteiger partial charge on any atom is -0.191 e. The lowest BCUT2D eigenvalue weighted by Crippen LogP contribution is -2.63. The van der Waals surface area contributed by atoms with Crippen LogP contribution in [-0.4, -0.2) is 0 Å². The molecule has 0 saturated carbocycles. The zero-order chi connectivity index (χ0) is 35.6. The summed E-state index contributed by atoms with van der Waals surface area (Å²) in [6, 6.07) is 43.8. The van der Waals surface area contributed by atoms with Crippen molar-refractivity contribution in [2.75, 3.05) is 0 Å². The maximum atomic E-state index is 2.72. The van der Waals surface area contributed by atoms with Gasteiger partial charge in [0.25, 0.3) is 0 Å². The van der Waals surface area contributed by atoms with Gasteiger partial charge >= 0.3 is 0 Å². The van der Waals surface area contributed by atoms with Gasteiger partial charge in [-0.1, -0.05) is 119 Å². The summed E-state index contributed by atoms with van der Waals surface area (Å²) in [4.78, 5) is 0. The molecular weight excluding hydrogens is 649 g/mol. The van der Waals surface area contributed by atoms with Crippen LogP contribution >= 0.6 is 11.3 Å². The third-order valence-electron chi connectivity index (χ3n) is 12.3. The molecule has 2 atom stereocenters. The van der Waals surface area contributed by atoms with Gasteiger partial charge in [0.15, 0.2) is 17.9 Å². The largest absolute Gasteiger partial charge is 0.220 e. The molecule has 0 N–H and O–H groups in total. The first-order chi connectivity index (χ1) is 25.5. The van der Waals surface area contributed by atoms with Gasteiger partial charge in [-0.3, -0.25) is 0 Å². The van der Waals surface area contributed by atoms with Crippen molar-refractivity contribution >= 4 is 47.8 Å².